The fraction of sp³-hybridized carbons (Fsp3) is 1.00. The molecule has 0 saturated heterocycles. The van der Waals surface area contributed by atoms with Crippen LogP contribution in [0, 0.1) is 0 Å². The predicted molar refractivity (Wildman–Crippen MR) is 168 cm³/mol. The van der Waals surface area contributed by atoms with E-state index in [0.29, 0.717) is 0 Å². The van der Waals surface area contributed by atoms with E-state index in [1.165, 1.54) is 89.9 Å². The van der Waals surface area contributed by atoms with E-state index in [-0.39, 0.29) is 0 Å². The first-order valence-electron chi connectivity index (χ1n) is 14.8. The molecule has 0 radical (unpaired) electrons. The van der Waals surface area contributed by atoms with Crippen LogP contribution in [0.25, 0.3) is 0 Å². The molecule has 0 aromatic carbocycles. The molecular formula is C26H64O4Si5. The normalized spacial score (nSPS) is 15.9. The fourth-order valence-corrected chi connectivity index (χ4v) is 24.9. The number of unbranched alkanes of at least 4 members (excludes halogenated alkanes) is 13. The molecule has 2 atom stereocenters. The molecule has 0 aliphatic carbocycles. The minimum atomic E-state index is -2.29. The highest BCUT2D eigenvalue weighted by molar-refractivity contribution is 6.88. The van der Waals surface area contributed by atoms with Crippen molar-refractivity contribution in [1.82, 2.24) is 0 Å². The average Bonchev–Trinajstić information content (AvgIpc) is 2.64. The summed E-state index contributed by atoms with van der Waals surface area (Å²) in [5, 5.41) is 0. The van der Waals surface area contributed by atoms with Crippen molar-refractivity contribution in [2.75, 3.05) is 0 Å². The van der Waals surface area contributed by atoms with E-state index in [2.05, 4.69) is 72.4 Å². The Morgan fingerprint density at radius 2 is 0.886 bits per heavy atom. The molecular weight excluding hydrogens is 517 g/mol. The van der Waals surface area contributed by atoms with Gasteiger partial charge < -0.3 is 16.5 Å². The van der Waals surface area contributed by atoms with Crippen LogP contribution in [0.15, 0.2) is 0 Å². The summed E-state index contributed by atoms with van der Waals surface area (Å²) < 4.78 is 26.3. The third-order valence-corrected chi connectivity index (χ3v) is 22.8. The lowest BCUT2D eigenvalue weighted by Crippen LogP contribution is -2.56. The zero-order chi connectivity index (χ0) is 27.0. The van der Waals surface area contributed by atoms with Crippen LogP contribution in [0.1, 0.15) is 96.8 Å². The van der Waals surface area contributed by atoms with Crippen molar-refractivity contribution in [2.24, 2.45) is 0 Å². The number of rotatable bonds is 23. The highest BCUT2D eigenvalue weighted by atomic mass is 28.5. The Balaban J connectivity index is 4.30. The highest BCUT2D eigenvalue weighted by Crippen LogP contribution is 2.28. The van der Waals surface area contributed by atoms with E-state index in [4.69, 9.17) is 16.5 Å². The maximum atomic E-state index is 6.84. The summed E-state index contributed by atoms with van der Waals surface area (Å²) in [7, 11) is -9.51. The van der Waals surface area contributed by atoms with Crippen molar-refractivity contribution < 1.29 is 16.5 Å². The molecule has 35 heavy (non-hydrogen) atoms. The van der Waals surface area contributed by atoms with E-state index in [1.807, 2.05) is 0 Å². The van der Waals surface area contributed by atoms with Gasteiger partial charge >= 0.3 is 17.1 Å². The molecule has 0 rings (SSSR count). The lowest BCUT2D eigenvalue weighted by atomic mass is 10.0. The summed E-state index contributed by atoms with van der Waals surface area (Å²) in [6.45, 7) is 24.7. The largest absolute Gasteiger partial charge is 0.439 e. The third kappa shape index (κ3) is 23.8. The summed E-state index contributed by atoms with van der Waals surface area (Å²) in [4.78, 5) is 0. The molecule has 212 valence electrons. The lowest BCUT2D eigenvalue weighted by Gasteiger charge is -2.40. The van der Waals surface area contributed by atoms with Gasteiger partial charge in [0.1, 0.15) is 0 Å². The van der Waals surface area contributed by atoms with Crippen molar-refractivity contribution >= 4 is 43.0 Å². The van der Waals surface area contributed by atoms with Gasteiger partial charge in [0.2, 0.25) is 0 Å². The molecule has 0 saturated carbocycles. The molecule has 0 aliphatic heterocycles. The first-order chi connectivity index (χ1) is 16.1. The van der Waals surface area contributed by atoms with Gasteiger partial charge in [-0.25, -0.2) is 0 Å². The topological polar surface area (TPSA) is 36.9 Å². The van der Waals surface area contributed by atoms with Gasteiger partial charge in [-0.1, -0.05) is 96.8 Å². The van der Waals surface area contributed by atoms with E-state index >= 15 is 0 Å². The summed E-state index contributed by atoms with van der Waals surface area (Å²) >= 11 is 0. The van der Waals surface area contributed by atoms with Gasteiger partial charge in [0, 0.05) is 0 Å². The molecule has 2 unspecified atom stereocenters. The quantitative estimate of drug-likeness (QED) is 0.0890. The number of hydrogen-bond acceptors (Lipinski definition) is 4. The second-order valence-corrected chi connectivity index (χ2v) is 31.8. The zero-order valence-corrected chi connectivity index (χ0v) is 31.0. The molecule has 0 aliphatic rings. The van der Waals surface area contributed by atoms with Gasteiger partial charge in [0.05, 0.1) is 0 Å². The van der Waals surface area contributed by atoms with Crippen LogP contribution < -0.4 is 0 Å². The second kappa shape index (κ2) is 18.3. The molecule has 0 spiro atoms. The lowest BCUT2D eigenvalue weighted by molar-refractivity contribution is 0.305. The Hall–Kier alpha value is 0.924. The van der Waals surface area contributed by atoms with Crippen LogP contribution in [0.4, 0.5) is 0 Å². The van der Waals surface area contributed by atoms with E-state index in [0.717, 1.165) is 6.04 Å². The van der Waals surface area contributed by atoms with Crippen molar-refractivity contribution in [3.05, 3.63) is 0 Å². The summed E-state index contributed by atoms with van der Waals surface area (Å²) in [5.41, 5.74) is 0. The van der Waals surface area contributed by atoms with Crippen molar-refractivity contribution in [2.45, 2.75) is 168 Å². The van der Waals surface area contributed by atoms with Crippen molar-refractivity contribution in [3.8, 4) is 0 Å². The van der Waals surface area contributed by atoms with Crippen LogP contribution in [-0.2, 0) is 16.5 Å². The van der Waals surface area contributed by atoms with Crippen LogP contribution in [0.3, 0.4) is 0 Å². The van der Waals surface area contributed by atoms with Gasteiger partial charge in [0.15, 0.2) is 16.6 Å². The summed E-state index contributed by atoms with van der Waals surface area (Å²) in [6, 6.07) is 1.08. The van der Waals surface area contributed by atoms with Gasteiger partial charge in [0.25, 0.3) is 9.28 Å². The second-order valence-electron chi connectivity index (χ2n) is 13.1. The molecule has 0 amide bonds. The molecule has 0 aromatic rings. The van der Waals surface area contributed by atoms with Crippen LogP contribution in [0.2, 0.25) is 71.5 Å². The van der Waals surface area contributed by atoms with E-state index in [9.17, 15) is 0 Å². The van der Waals surface area contributed by atoms with Gasteiger partial charge in [-0.2, -0.15) is 0 Å². The predicted octanol–water partition coefficient (Wildman–Crippen LogP) is 9.83. The third-order valence-electron chi connectivity index (χ3n) is 5.94. The highest BCUT2D eigenvalue weighted by Gasteiger charge is 2.43. The van der Waals surface area contributed by atoms with Crippen molar-refractivity contribution in [1.29, 1.82) is 0 Å². The average molecular weight is 581 g/mol. The fourth-order valence-electron chi connectivity index (χ4n) is 4.88. The molecule has 0 N–H and O–H groups in total. The maximum Gasteiger partial charge on any atom is 0.315 e. The first-order valence-corrected chi connectivity index (χ1v) is 29.1. The number of hydrogen-bond donors (Lipinski definition) is 0. The summed E-state index contributed by atoms with van der Waals surface area (Å²) in [6.07, 6.45) is 19.5. The monoisotopic (exact) mass is 580 g/mol. The Morgan fingerprint density at radius 3 is 1.26 bits per heavy atom. The Labute approximate surface area is 227 Å². The van der Waals surface area contributed by atoms with Gasteiger partial charge in [-0.3, -0.25) is 0 Å². The first kappa shape index (κ1) is 35.9. The van der Waals surface area contributed by atoms with Crippen LogP contribution in [0.5, 0.6) is 0 Å². The zero-order valence-electron chi connectivity index (χ0n) is 25.8. The molecule has 4 nitrogen and oxygen atoms in total. The molecule has 0 bridgehead atoms. The minimum Gasteiger partial charge on any atom is -0.439 e. The van der Waals surface area contributed by atoms with E-state index in [1.54, 1.807) is 0 Å². The van der Waals surface area contributed by atoms with Crippen LogP contribution in [-0.4, -0.2) is 43.0 Å². The van der Waals surface area contributed by atoms with E-state index < -0.39 is 43.0 Å². The molecule has 0 fully saturated rings. The standard InChI is InChI=1S/C26H64O4Si5/c1-12-13-14-15-16-17-18-19-20-21-22-23-24-25-26-35(11,29-33(6,7)8)30-34(9,10)28-31(2)27-32(3,4)5/h31H,12-26H2,1-11H3. The van der Waals surface area contributed by atoms with Gasteiger partial charge in [-0.15, -0.1) is 0 Å². The minimum absolute atomic E-state index is 1.08. The van der Waals surface area contributed by atoms with Crippen LogP contribution >= 0.6 is 0 Å². The Morgan fingerprint density at radius 1 is 0.486 bits per heavy atom. The Kier molecular flexibility index (Phi) is 18.7. The molecule has 0 aromatic heterocycles. The maximum absolute atomic E-state index is 6.84. The van der Waals surface area contributed by atoms with Crippen molar-refractivity contribution in [3.63, 3.8) is 0 Å². The molecule has 9 heteroatoms. The summed E-state index contributed by atoms with van der Waals surface area (Å²) in [5.74, 6) is 0. The van der Waals surface area contributed by atoms with Gasteiger partial charge in [-0.05, 0) is 71.5 Å². The molecule has 0 heterocycles. The Bertz CT molecular complexity index is 523. The smallest absolute Gasteiger partial charge is 0.315 e. The SMILES string of the molecule is CCCCCCCCCCCCCCCC[Si](C)(O[Si](C)(C)C)O[Si](C)(C)O[SiH](C)O[Si](C)(C)C.